The van der Waals surface area contributed by atoms with E-state index in [4.69, 9.17) is 0 Å². The molecule has 0 aliphatic carbocycles. The molecule has 2 aromatic carbocycles. The lowest BCUT2D eigenvalue weighted by atomic mass is 9.92. The first-order chi connectivity index (χ1) is 12.6. The van der Waals surface area contributed by atoms with Gasteiger partial charge in [-0.2, -0.15) is 13.2 Å². The number of hydrogen-bond donors (Lipinski definition) is 3. The molecule has 0 unspecified atom stereocenters. The zero-order valence-corrected chi connectivity index (χ0v) is 14.0. The van der Waals surface area contributed by atoms with Gasteiger partial charge in [-0.25, -0.2) is 4.79 Å². The quantitative estimate of drug-likeness (QED) is 0.719. The Balaban J connectivity index is 1.79. The molecule has 0 saturated carbocycles. The number of nitrogens with one attached hydrogen (secondary N) is 3. The Kier molecular flexibility index (Phi) is 4.38. The topological polar surface area (TPSA) is 87.3 Å². The highest BCUT2D eigenvalue weighted by molar-refractivity contribution is 6.07. The maximum Gasteiger partial charge on any atom is 0.416 e. The van der Waals surface area contributed by atoms with Gasteiger partial charge in [-0.1, -0.05) is 12.1 Å². The Labute approximate surface area is 151 Å². The van der Waals surface area contributed by atoms with Crippen LogP contribution >= 0.6 is 0 Å². The summed E-state index contributed by atoms with van der Waals surface area (Å²) in [4.78, 5) is 35.7. The van der Waals surface area contributed by atoms with E-state index < -0.39 is 35.1 Å². The van der Waals surface area contributed by atoms with E-state index in [1.807, 2.05) is 0 Å². The van der Waals surface area contributed by atoms with Crippen molar-refractivity contribution in [1.82, 2.24) is 10.6 Å². The number of amides is 4. The van der Waals surface area contributed by atoms with E-state index in [9.17, 15) is 27.6 Å². The molecule has 1 fully saturated rings. The number of alkyl halides is 3. The summed E-state index contributed by atoms with van der Waals surface area (Å²) in [5.74, 6) is -1.13. The average molecular weight is 377 g/mol. The summed E-state index contributed by atoms with van der Waals surface area (Å²) in [6.45, 7) is 1.52. The van der Waals surface area contributed by atoms with Crippen molar-refractivity contribution in [2.24, 2.45) is 0 Å². The van der Waals surface area contributed by atoms with Gasteiger partial charge >= 0.3 is 12.2 Å². The molecular weight excluding hydrogens is 363 g/mol. The van der Waals surface area contributed by atoms with Gasteiger partial charge in [0.15, 0.2) is 0 Å². The monoisotopic (exact) mass is 377 g/mol. The van der Waals surface area contributed by atoms with E-state index in [1.165, 1.54) is 13.0 Å². The maximum absolute atomic E-state index is 12.6. The Morgan fingerprint density at radius 1 is 1.07 bits per heavy atom. The lowest BCUT2D eigenvalue weighted by Gasteiger charge is -2.21. The molecule has 0 radical (unpaired) electrons. The van der Waals surface area contributed by atoms with Gasteiger partial charge < -0.3 is 10.6 Å². The first-order valence-electron chi connectivity index (χ1n) is 7.82. The molecule has 1 aliphatic rings. The first-order valence-corrected chi connectivity index (χ1v) is 7.82. The summed E-state index contributed by atoms with van der Waals surface area (Å²) >= 11 is 0. The predicted molar refractivity (Wildman–Crippen MR) is 89.9 cm³/mol. The van der Waals surface area contributed by atoms with Crippen molar-refractivity contribution in [3.63, 3.8) is 0 Å². The van der Waals surface area contributed by atoms with E-state index in [1.54, 1.807) is 18.2 Å². The number of carbonyl (C=O) groups is 3. The van der Waals surface area contributed by atoms with E-state index >= 15 is 0 Å². The minimum Gasteiger partial charge on any atom is -0.322 e. The third-order valence-electron chi connectivity index (χ3n) is 4.22. The Morgan fingerprint density at radius 2 is 1.74 bits per heavy atom. The number of rotatable bonds is 3. The average Bonchev–Trinajstić information content (AvgIpc) is 2.87. The lowest BCUT2D eigenvalue weighted by molar-refractivity contribution is -0.137. The molecule has 0 spiro atoms. The fourth-order valence-electron chi connectivity index (χ4n) is 2.67. The second-order valence-corrected chi connectivity index (χ2v) is 6.14. The molecule has 27 heavy (non-hydrogen) atoms. The van der Waals surface area contributed by atoms with Crippen molar-refractivity contribution in [2.45, 2.75) is 18.6 Å². The summed E-state index contributed by atoms with van der Waals surface area (Å²) < 4.78 is 37.8. The third kappa shape index (κ3) is 3.62. The van der Waals surface area contributed by atoms with Crippen LogP contribution in [0.15, 0.2) is 48.5 Å². The van der Waals surface area contributed by atoms with Crippen LogP contribution in [0, 0.1) is 0 Å². The van der Waals surface area contributed by atoms with Crippen molar-refractivity contribution in [3.05, 3.63) is 65.2 Å². The Bertz CT molecular complexity index is 925. The molecule has 4 amide bonds. The van der Waals surface area contributed by atoms with Crippen molar-refractivity contribution >= 4 is 23.5 Å². The van der Waals surface area contributed by atoms with Crippen LogP contribution in [0.4, 0.5) is 23.7 Å². The van der Waals surface area contributed by atoms with E-state index in [-0.39, 0.29) is 5.56 Å². The molecule has 3 rings (SSSR count). The predicted octanol–water partition coefficient (Wildman–Crippen LogP) is 3.01. The van der Waals surface area contributed by atoms with Crippen LogP contribution in [0.3, 0.4) is 0 Å². The Morgan fingerprint density at radius 3 is 2.30 bits per heavy atom. The summed E-state index contributed by atoms with van der Waals surface area (Å²) in [7, 11) is 0. The standard InChI is InChI=1S/C18H14F3N3O3/c1-17(15(26)23-16(27)24-17)12-3-2-4-13(9-12)22-14(25)10-5-7-11(8-6-10)18(19,20)21/h2-9H,1H3,(H,22,25)(H2,23,24,26,27)/t17-/m1/s1. The molecule has 0 bridgehead atoms. The summed E-state index contributed by atoms with van der Waals surface area (Å²) in [5.41, 5.74) is -1.32. The highest BCUT2D eigenvalue weighted by Gasteiger charge is 2.43. The molecule has 9 heteroatoms. The number of urea groups is 1. The van der Waals surface area contributed by atoms with Crippen LogP contribution in [0.2, 0.25) is 0 Å². The number of anilines is 1. The maximum atomic E-state index is 12.6. The number of carbonyl (C=O) groups excluding carboxylic acids is 3. The van der Waals surface area contributed by atoms with Gasteiger partial charge in [-0.15, -0.1) is 0 Å². The van der Waals surface area contributed by atoms with Crippen molar-refractivity contribution in [3.8, 4) is 0 Å². The van der Waals surface area contributed by atoms with E-state index in [0.717, 1.165) is 24.3 Å². The Hall–Kier alpha value is -3.36. The van der Waals surface area contributed by atoms with Crippen LogP contribution < -0.4 is 16.0 Å². The number of halogens is 3. The van der Waals surface area contributed by atoms with E-state index in [2.05, 4.69) is 16.0 Å². The molecule has 3 N–H and O–H groups in total. The molecular formula is C18H14F3N3O3. The second-order valence-electron chi connectivity index (χ2n) is 6.14. The second kappa shape index (κ2) is 6.42. The minimum absolute atomic E-state index is 0.0477. The molecule has 1 saturated heterocycles. The zero-order valence-electron chi connectivity index (χ0n) is 14.0. The van der Waals surface area contributed by atoms with Crippen molar-refractivity contribution in [2.75, 3.05) is 5.32 Å². The van der Waals surface area contributed by atoms with E-state index in [0.29, 0.717) is 11.3 Å². The highest BCUT2D eigenvalue weighted by atomic mass is 19.4. The molecule has 1 atom stereocenters. The molecule has 6 nitrogen and oxygen atoms in total. The smallest absolute Gasteiger partial charge is 0.322 e. The minimum atomic E-state index is -4.48. The van der Waals surface area contributed by atoms with Gasteiger partial charge in [0.25, 0.3) is 11.8 Å². The molecule has 1 aliphatic heterocycles. The normalized spacial score (nSPS) is 19.4. The summed E-state index contributed by atoms with van der Waals surface area (Å²) in [6, 6.07) is 9.44. The van der Waals surface area contributed by atoms with Gasteiger partial charge in [-0.3, -0.25) is 14.9 Å². The van der Waals surface area contributed by atoms with Crippen molar-refractivity contribution < 1.29 is 27.6 Å². The molecule has 2 aromatic rings. The van der Waals surface area contributed by atoms with Gasteiger partial charge in [0.1, 0.15) is 5.54 Å². The molecule has 0 aromatic heterocycles. The summed E-state index contributed by atoms with van der Waals surface area (Å²) in [5, 5.41) is 7.21. The van der Waals surface area contributed by atoms with Crippen LogP contribution in [-0.4, -0.2) is 17.8 Å². The molecule has 140 valence electrons. The lowest BCUT2D eigenvalue weighted by Crippen LogP contribution is -2.40. The van der Waals surface area contributed by atoms with Gasteiger partial charge in [0.05, 0.1) is 5.56 Å². The van der Waals surface area contributed by atoms with Crippen LogP contribution in [0.5, 0.6) is 0 Å². The van der Waals surface area contributed by atoms with Crippen molar-refractivity contribution in [1.29, 1.82) is 0 Å². The fourth-order valence-corrected chi connectivity index (χ4v) is 2.67. The number of hydrogen-bond acceptors (Lipinski definition) is 3. The third-order valence-corrected chi connectivity index (χ3v) is 4.22. The zero-order chi connectivity index (χ0) is 19.8. The highest BCUT2D eigenvalue weighted by Crippen LogP contribution is 2.29. The largest absolute Gasteiger partial charge is 0.416 e. The van der Waals surface area contributed by atoms with Gasteiger partial charge in [-0.05, 0) is 48.9 Å². The van der Waals surface area contributed by atoms with Gasteiger partial charge in [0, 0.05) is 11.3 Å². The SMILES string of the molecule is C[C@]1(c2cccc(NC(=O)c3ccc(C(F)(F)F)cc3)c2)NC(=O)NC1=O. The number of imide groups is 1. The fraction of sp³-hybridized carbons (Fsp3) is 0.167. The molecule has 1 heterocycles. The van der Waals surface area contributed by atoms with Crippen LogP contribution in [-0.2, 0) is 16.5 Å². The van der Waals surface area contributed by atoms with Crippen LogP contribution in [0.1, 0.15) is 28.4 Å². The number of benzene rings is 2. The van der Waals surface area contributed by atoms with Crippen LogP contribution in [0.25, 0.3) is 0 Å². The summed E-state index contributed by atoms with van der Waals surface area (Å²) in [6.07, 6.45) is -4.48. The van der Waals surface area contributed by atoms with Gasteiger partial charge in [0.2, 0.25) is 0 Å². The first kappa shape index (κ1) is 18.4.